The summed E-state index contributed by atoms with van der Waals surface area (Å²) in [6.07, 6.45) is -0.524. The summed E-state index contributed by atoms with van der Waals surface area (Å²) in [7, 11) is 0. The monoisotopic (exact) mass is 361 g/mol. The van der Waals surface area contributed by atoms with Gasteiger partial charge in [-0.2, -0.15) is 0 Å². The topological polar surface area (TPSA) is 38.3 Å². The van der Waals surface area contributed by atoms with Gasteiger partial charge in [0, 0.05) is 11.0 Å². The maximum absolute atomic E-state index is 12.1. The number of rotatable bonds is 6. The van der Waals surface area contributed by atoms with Crippen LogP contribution in [0, 0.1) is 0 Å². The van der Waals surface area contributed by atoms with Gasteiger partial charge in [0.1, 0.15) is 5.75 Å². The number of halogens is 1. The smallest absolute Gasteiger partial charge is 0.260 e. The van der Waals surface area contributed by atoms with Crippen molar-refractivity contribution in [3.63, 3.8) is 0 Å². The molecule has 0 saturated carbocycles. The molecule has 22 heavy (non-hydrogen) atoms. The predicted octanol–water partition coefficient (Wildman–Crippen LogP) is 4.14. The van der Waals surface area contributed by atoms with Crippen LogP contribution in [0.5, 0.6) is 5.75 Å². The molecule has 0 radical (unpaired) electrons. The van der Waals surface area contributed by atoms with Crippen LogP contribution in [-0.4, -0.2) is 18.6 Å². The highest BCUT2D eigenvalue weighted by molar-refractivity contribution is 9.10. The van der Waals surface area contributed by atoms with E-state index in [1.54, 1.807) is 6.92 Å². The molecule has 2 rings (SSSR count). The average Bonchev–Trinajstić information content (AvgIpc) is 2.55. The second kappa shape index (κ2) is 7.99. The van der Waals surface area contributed by atoms with Crippen molar-refractivity contribution in [2.24, 2.45) is 0 Å². The molecule has 0 aliphatic rings. The number of hydrogen-bond acceptors (Lipinski definition) is 2. The summed E-state index contributed by atoms with van der Waals surface area (Å²) in [4.78, 5) is 12.1. The number of amides is 1. The molecule has 2 aromatic carbocycles. The summed E-state index contributed by atoms with van der Waals surface area (Å²) in [6, 6.07) is 17.6. The van der Waals surface area contributed by atoms with Gasteiger partial charge < -0.3 is 10.1 Å². The first-order chi connectivity index (χ1) is 10.6. The van der Waals surface area contributed by atoms with Crippen molar-refractivity contribution in [3.05, 3.63) is 64.6 Å². The first-order valence-electron chi connectivity index (χ1n) is 7.31. The number of hydrogen-bond donors (Lipinski definition) is 1. The lowest BCUT2D eigenvalue weighted by Gasteiger charge is -2.17. The minimum Gasteiger partial charge on any atom is -0.481 e. The third-order valence-electron chi connectivity index (χ3n) is 3.45. The lowest BCUT2D eigenvalue weighted by molar-refractivity contribution is -0.127. The Kier molecular flexibility index (Phi) is 6.01. The molecule has 3 nitrogen and oxygen atoms in total. The van der Waals surface area contributed by atoms with Crippen LogP contribution in [0.1, 0.15) is 25.3 Å². The largest absolute Gasteiger partial charge is 0.481 e. The third-order valence-corrected chi connectivity index (χ3v) is 3.98. The van der Waals surface area contributed by atoms with E-state index in [0.717, 1.165) is 4.47 Å². The molecule has 0 aliphatic heterocycles. The Morgan fingerprint density at radius 2 is 1.73 bits per heavy atom. The fourth-order valence-electron chi connectivity index (χ4n) is 2.07. The molecule has 0 spiro atoms. The van der Waals surface area contributed by atoms with Gasteiger partial charge in [0.25, 0.3) is 5.91 Å². The van der Waals surface area contributed by atoms with Gasteiger partial charge in [0.15, 0.2) is 6.10 Å². The number of ether oxygens (including phenoxy) is 1. The minimum absolute atomic E-state index is 0.106. The fourth-order valence-corrected chi connectivity index (χ4v) is 2.33. The zero-order chi connectivity index (χ0) is 15.9. The van der Waals surface area contributed by atoms with Crippen LogP contribution in [-0.2, 0) is 4.79 Å². The van der Waals surface area contributed by atoms with E-state index in [2.05, 4.69) is 40.3 Å². The van der Waals surface area contributed by atoms with Crippen molar-refractivity contribution < 1.29 is 9.53 Å². The Hall–Kier alpha value is -1.81. The van der Waals surface area contributed by atoms with E-state index in [4.69, 9.17) is 4.74 Å². The maximum atomic E-state index is 12.1. The maximum Gasteiger partial charge on any atom is 0.260 e. The lowest BCUT2D eigenvalue weighted by atomic mass is 10.0. The molecule has 0 fully saturated rings. The van der Waals surface area contributed by atoms with Gasteiger partial charge in [-0.1, -0.05) is 53.2 Å². The van der Waals surface area contributed by atoms with E-state index in [0.29, 0.717) is 12.3 Å². The molecule has 0 aliphatic carbocycles. The second-order valence-corrected chi connectivity index (χ2v) is 6.19. The van der Waals surface area contributed by atoms with E-state index >= 15 is 0 Å². The Labute approximate surface area is 139 Å². The number of carbonyl (C=O) groups is 1. The van der Waals surface area contributed by atoms with E-state index in [-0.39, 0.29) is 11.8 Å². The van der Waals surface area contributed by atoms with Crippen LogP contribution in [0.4, 0.5) is 0 Å². The van der Waals surface area contributed by atoms with Crippen molar-refractivity contribution in [2.75, 3.05) is 6.54 Å². The van der Waals surface area contributed by atoms with Gasteiger partial charge in [-0.15, -0.1) is 0 Å². The summed E-state index contributed by atoms with van der Waals surface area (Å²) >= 11 is 3.37. The van der Waals surface area contributed by atoms with Crippen molar-refractivity contribution in [1.82, 2.24) is 5.32 Å². The van der Waals surface area contributed by atoms with Crippen LogP contribution in [0.25, 0.3) is 0 Å². The predicted molar refractivity (Wildman–Crippen MR) is 92.1 cm³/mol. The van der Waals surface area contributed by atoms with Crippen LogP contribution < -0.4 is 10.1 Å². The Bertz CT molecular complexity index is 598. The Morgan fingerprint density at radius 1 is 1.09 bits per heavy atom. The summed E-state index contributed by atoms with van der Waals surface area (Å²) < 4.78 is 6.62. The molecule has 2 unspecified atom stereocenters. The highest BCUT2D eigenvalue weighted by Crippen LogP contribution is 2.17. The van der Waals surface area contributed by atoms with Gasteiger partial charge in [0.05, 0.1) is 0 Å². The molecule has 116 valence electrons. The van der Waals surface area contributed by atoms with E-state index in [9.17, 15) is 4.79 Å². The molecular formula is C18H20BrNO2. The standard InChI is InChI=1S/C18H20BrNO2/c1-13(15-6-4-3-5-7-15)12-20-18(21)14(2)22-17-10-8-16(19)9-11-17/h3-11,13-14H,12H2,1-2H3,(H,20,21). The normalized spacial score (nSPS) is 13.2. The van der Waals surface area contributed by atoms with E-state index in [1.165, 1.54) is 5.56 Å². The van der Waals surface area contributed by atoms with Crippen molar-refractivity contribution in [2.45, 2.75) is 25.9 Å². The Morgan fingerprint density at radius 3 is 2.36 bits per heavy atom. The van der Waals surface area contributed by atoms with Gasteiger partial charge in [0.2, 0.25) is 0 Å². The highest BCUT2D eigenvalue weighted by atomic mass is 79.9. The highest BCUT2D eigenvalue weighted by Gasteiger charge is 2.15. The van der Waals surface area contributed by atoms with Gasteiger partial charge >= 0.3 is 0 Å². The second-order valence-electron chi connectivity index (χ2n) is 5.27. The van der Waals surface area contributed by atoms with Crippen molar-refractivity contribution in [3.8, 4) is 5.75 Å². The first kappa shape index (κ1) is 16.6. The molecule has 1 N–H and O–H groups in total. The number of carbonyl (C=O) groups excluding carboxylic acids is 1. The molecule has 2 atom stereocenters. The summed E-state index contributed by atoms with van der Waals surface area (Å²) in [5, 5.41) is 2.94. The minimum atomic E-state index is -0.524. The molecule has 0 aromatic heterocycles. The zero-order valence-electron chi connectivity index (χ0n) is 12.8. The first-order valence-corrected chi connectivity index (χ1v) is 8.10. The van der Waals surface area contributed by atoms with Gasteiger partial charge in [-0.05, 0) is 42.7 Å². The van der Waals surface area contributed by atoms with Crippen LogP contribution >= 0.6 is 15.9 Å². The molecular weight excluding hydrogens is 342 g/mol. The SMILES string of the molecule is CC(Oc1ccc(Br)cc1)C(=O)NCC(C)c1ccccc1. The van der Waals surface area contributed by atoms with E-state index in [1.807, 2.05) is 42.5 Å². The van der Waals surface area contributed by atoms with E-state index < -0.39 is 6.10 Å². The average molecular weight is 362 g/mol. The lowest BCUT2D eigenvalue weighted by Crippen LogP contribution is -2.38. The molecule has 2 aromatic rings. The van der Waals surface area contributed by atoms with Gasteiger partial charge in [-0.3, -0.25) is 4.79 Å². The summed E-state index contributed by atoms with van der Waals surface area (Å²) in [6.45, 7) is 4.44. The van der Waals surface area contributed by atoms with Crippen LogP contribution in [0.3, 0.4) is 0 Å². The molecule has 0 saturated heterocycles. The number of benzene rings is 2. The summed E-state index contributed by atoms with van der Waals surface area (Å²) in [5.41, 5.74) is 1.21. The fraction of sp³-hybridized carbons (Fsp3) is 0.278. The summed E-state index contributed by atoms with van der Waals surface area (Å²) in [5.74, 6) is 0.845. The third kappa shape index (κ3) is 4.88. The van der Waals surface area contributed by atoms with Crippen LogP contribution in [0.15, 0.2) is 59.1 Å². The molecule has 0 heterocycles. The quantitative estimate of drug-likeness (QED) is 0.839. The Balaban J connectivity index is 1.82. The molecule has 1 amide bonds. The van der Waals surface area contributed by atoms with Crippen LogP contribution in [0.2, 0.25) is 0 Å². The van der Waals surface area contributed by atoms with Gasteiger partial charge in [-0.25, -0.2) is 0 Å². The molecule has 0 bridgehead atoms. The number of nitrogens with one attached hydrogen (secondary N) is 1. The molecule has 4 heteroatoms. The van der Waals surface area contributed by atoms with Crippen molar-refractivity contribution >= 4 is 21.8 Å². The zero-order valence-corrected chi connectivity index (χ0v) is 14.3. The van der Waals surface area contributed by atoms with Crippen molar-refractivity contribution in [1.29, 1.82) is 0 Å².